The highest BCUT2D eigenvalue weighted by Gasteiger charge is 2.53. The number of carbonyl (C=O) groups excluding carboxylic acids is 1. The van der Waals surface area contributed by atoms with E-state index in [0.717, 1.165) is 0 Å². The van der Waals surface area contributed by atoms with Gasteiger partial charge in [0.2, 0.25) is 11.5 Å². The minimum Gasteiger partial charge on any atom is -0.466 e. The molecule has 2 atom stereocenters. The smallest absolute Gasteiger partial charge is 0.353 e. The second-order valence-corrected chi connectivity index (χ2v) is 3.46. The molecule has 2 unspecified atom stereocenters. The van der Waals surface area contributed by atoms with E-state index in [9.17, 15) is 9.18 Å². The predicted octanol–water partition coefficient (Wildman–Crippen LogP) is 1.42. The van der Waals surface area contributed by atoms with E-state index in [1.807, 2.05) is 0 Å². The van der Waals surface area contributed by atoms with Gasteiger partial charge in [-0.25, -0.2) is 14.2 Å². The molecule has 0 spiro atoms. The Kier molecular flexibility index (Phi) is 2.10. The van der Waals surface area contributed by atoms with E-state index in [-0.39, 0.29) is 11.4 Å². The summed E-state index contributed by atoms with van der Waals surface area (Å²) in [5.41, 5.74) is -1.34. The van der Waals surface area contributed by atoms with Gasteiger partial charge in [-0.15, -0.1) is 0 Å². The molecule has 5 heteroatoms. The highest BCUT2D eigenvalue weighted by molar-refractivity contribution is 5.81. The van der Waals surface area contributed by atoms with Gasteiger partial charge in [-0.1, -0.05) is 0 Å². The molecule has 2 rings (SSSR count). The van der Waals surface area contributed by atoms with Gasteiger partial charge in [-0.2, -0.15) is 0 Å². The molecule has 1 aromatic rings. The highest BCUT2D eigenvalue weighted by Crippen LogP contribution is 2.44. The molecule has 15 heavy (non-hydrogen) atoms. The number of ether oxygens (including phenoxy) is 2. The molecule has 1 aliphatic rings. The minimum atomic E-state index is -1.62. The third-order valence-electron chi connectivity index (χ3n) is 2.46. The van der Waals surface area contributed by atoms with E-state index >= 15 is 0 Å². The van der Waals surface area contributed by atoms with Crippen molar-refractivity contribution >= 4 is 5.97 Å². The largest absolute Gasteiger partial charge is 0.466 e. The van der Waals surface area contributed by atoms with Crippen molar-refractivity contribution in [3.05, 3.63) is 23.9 Å². The van der Waals surface area contributed by atoms with Crippen LogP contribution in [0.25, 0.3) is 0 Å². The topological polar surface area (TPSA) is 48.4 Å². The third-order valence-corrected chi connectivity index (χ3v) is 2.46. The molecule has 0 amide bonds. The molecule has 4 nitrogen and oxygen atoms in total. The lowest BCUT2D eigenvalue weighted by Crippen LogP contribution is -2.42. The number of esters is 1. The fourth-order valence-electron chi connectivity index (χ4n) is 1.58. The van der Waals surface area contributed by atoms with Crippen LogP contribution < -0.4 is 4.74 Å². The van der Waals surface area contributed by atoms with Crippen LogP contribution in [0.4, 0.5) is 4.39 Å². The number of nitrogens with zero attached hydrogens (tertiary/aromatic N) is 1. The van der Waals surface area contributed by atoms with Crippen molar-refractivity contribution in [3.8, 4) is 5.88 Å². The van der Waals surface area contributed by atoms with Crippen LogP contribution in [-0.4, -0.2) is 23.7 Å². The maximum Gasteiger partial charge on any atom is 0.353 e. The van der Waals surface area contributed by atoms with Gasteiger partial charge < -0.3 is 9.47 Å². The second kappa shape index (κ2) is 3.18. The molecule has 0 saturated carbocycles. The first kappa shape index (κ1) is 9.89. The summed E-state index contributed by atoms with van der Waals surface area (Å²) in [5.74, 6) is -0.592. The summed E-state index contributed by atoms with van der Waals surface area (Å²) in [6.45, 7) is 1.35. The lowest BCUT2D eigenvalue weighted by molar-refractivity contribution is -0.161. The van der Waals surface area contributed by atoms with Gasteiger partial charge in [-0.3, -0.25) is 0 Å². The second-order valence-electron chi connectivity index (χ2n) is 3.46. The first-order chi connectivity index (χ1) is 7.09. The van der Waals surface area contributed by atoms with Gasteiger partial charge in [0, 0.05) is 6.20 Å². The quantitative estimate of drug-likeness (QED) is 0.659. The Balaban J connectivity index is 2.42. The van der Waals surface area contributed by atoms with Crippen LogP contribution in [0, 0.1) is 0 Å². The van der Waals surface area contributed by atoms with Crippen LogP contribution >= 0.6 is 0 Å². The molecule has 0 saturated heterocycles. The van der Waals surface area contributed by atoms with E-state index in [4.69, 9.17) is 4.74 Å². The van der Waals surface area contributed by atoms with Crippen LogP contribution in [-0.2, 0) is 9.53 Å². The molecule has 0 aromatic carbocycles. The number of pyridine rings is 1. The first-order valence-corrected chi connectivity index (χ1v) is 4.46. The standard InChI is InChI=1S/C10H10FNO3/c1-10(9(13)14-2)7(11)6-4-3-5-12-8(6)15-10/h3-5,7H,1-2H3. The molecule has 1 aromatic heterocycles. The van der Waals surface area contributed by atoms with Crippen molar-refractivity contribution in [2.75, 3.05) is 7.11 Å². The van der Waals surface area contributed by atoms with E-state index in [2.05, 4.69) is 9.72 Å². The normalized spacial score (nSPS) is 28.1. The van der Waals surface area contributed by atoms with Crippen LogP contribution in [0.1, 0.15) is 18.7 Å². The summed E-state index contributed by atoms with van der Waals surface area (Å²) in [7, 11) is 1.19. The van der Waals surface area contributed by atoms with Crippen LogP contribution in [0.15, 0.2) is 18.3 Å². The Morgan fingerprint density at radius 2 is 2.47 bits per heavy atom. The van der Waals surface area contributed by atoms with Crippen molar-refractivity contribution in [2.24, 2.45) is 0 Å². The van der Waals surface area contributed by atoms with Crippen molar-refractivity contribution in [1.82, 2.24) is 4.98 Å². The molecule has 0 radical (unpaired) electrons. The van der Waals surface area contributed by atoms with Gasteiger partial charge >= 0.3 is 5.97 Å². The fourth-order valence-corrected chi connectivity index (χ4v) is 1.58. The molecule has 0 aliphatic carbocycles. The Hall–Kier alpha value is -1.65. The van der Waals surface area contributed by atoms with Crippen LogP contribution in [0.5, 0.6) is 5.88 Å². The van der Waals surface area contributed by atoms with Crippen molar-refractivity contribution in [3.63, 3.8) is 0 Å². The zero-order valence-electron chi connectivity index (χ0n) is 8.36. The SMILES string of the molecule is COC(=O)C1(C)Oc2ncccc2C1F. The average molecular weight is 211 g/mol. The zero-order valence-corrected chi connectivity index (χ0v) is 8.36. The van der Waals surface area contributed by atoms with Crippen molar-refractivity contribution < 1.29 is 18.7 Å². The van der Waals surface area contributed by atoms with Crippen molar-refractivity contribution in [1.29, 1.82) is 0 Å². The van der Waals surface area contributed by atoms with E-state index < -0.39 is 17.7 Å². The van der Waals surface area contributed by atoms with Gasteiger partial charge in [0.25, 0.3) is 0 Å². The number of rotatable bonds is 1. The van der Waals surface area contributed by atoms with Crippen LogP contribution in [0.3, 0.4) is 0 Å². The summed E-state index contributed by atoms with van der Waals surface area (Å²) in [6, 6.07) is 3.14. The van der Waals surface area contributed by atoms with Gasteiger partial charge in [-0.05, 0) is 19.1 Å². The Morgan fingerprint density at radius 3 is 3.07 bits per heavy atom. The molecular weight excluding hydrogens is 201 g/mol. The van der Waals surface area contributed by atoms with E-state index in [1.54, 1.807) is 12.1 Å². The van der Waals surface area contributed by atoms with Gasteiger partial charge in [0.15, 0.2) is 6.17 Å². The third kappa shape index (κ3) is 1.26. The number of alkyl halides is 1. The highest BCUT2D eigenvalue weighted by atomic mass is 19.1. The summed E-state index contributed by atoms with van der Waals surface area (Å²) in [4.78, 5) is 15.3. The maximum atomic E-state index is 13.9. The lowest BCUT2D eigenvalue weighted by atomic mass is 9.98. The number of hydrogen-bond donors (Lipinski definition) is 0. The molecule has 0 N–H and O–H groups in total. The first-order valence-electron chi connectivity index (χ1n) is 4.46. The summed E-state index contributed by atoms with van der Waals surface area (Å²) < 4.78 is 23.6. The average Bonchev–Trinajstić information content (AvgIpc) is 2.52. The lowest BCUT2D eigenvalue weighted by Gasteiger charge is -2.22. The predicted molar refractivity (Wildman–Crippen MR) is 49.1 cm³/mol. The zero-order chi connectivity index (χ0) is 11.1. The fraction of sp³-hybridized carbons (Fsp3) is 0.400. The van der Waals surface area contributed by atoms with Crippen LogP contribution in [0.2, 0.25) is 0 Å². The number of carbonyl (C=O) groups is 1. The molecule has 1 aliphatic heterocycles. The Morgan fingerprint density at radius 1 is 1.73 bits per heavy atom. The summed E-state index contributed by atoms with van der Waals surface area (Å²) in [5, 5.41) is 0. The molecule has 0 fully saturated rings. The van der Waals surface area contributed by atoms with Gasteiger partial charge in [0.05, 0.1) is 12.7 Å². The van der Waals surface area contributed by atoms with E-state index in [0.29, 0.717) is 0 Å². The molecule has 0 bridgehead atoms. The number of hydrogen-bond acceptors (Lipinski definition) is 4. The van der Waals surface area contributed by atoms with Gasteiger partial charge in [0.1, 0.15) is 0 Å². The maximum absolute atomic E-state index is 13.9. The number of aromatic nitrogens is 1. The number of fused-ring (bicyclic) bond motifs is 1. The summed E-state index contributed by atoms with van der Waals surface area (Å²) in [6.07, 6.45) is -0.0668. The summed E-state index contributed by atoms with van der Waals surface area (Å²) >= 11 is 0. The number of halogens is 1. The monoisotopic (exact) mass is 211 g/mol. The van der Waals surface area contributed by atoms with Crippen molar-refractivity contribution in [2.45, 2.75) is 18.7 Å². The molecule has 80 valence electrons. The molecule has 2 heterocycles. The Bertz CT molecular complexity index is 409. The number of methoxy groups -OCH3 is 1. The van der Waals surface area contributed by atoms with E-state index in [1.165, 1.54) is 20.2 Å². The minimum absolute atomic E-state index is 0.151. The Labute approximate surface area is 86.0 Å². The molecular formula is C10H10FNO3.